The predicted octanol–water partition coefficient (Wildman–Crippen LogP) is 3.17. The minimum atomic E-state index is 0.0685. The van der Waals surface area contributed by atoms with Gasteiger partial charge in [0.2, 0.25) is 0 Å². The van der Waals surface area contributed by atoms with Crippen molar-refractivity contribution in [2.24, 2.45) is 5.73 Å². The van der Waals surface area contributed by atoms with Gasteiger partial charge in [-0.25, -0.2) is 0 Å². The van der Waals surface area contributed by atoms with Crippen molar-refractivity contribution in [2.45, 2.75) is 12.5 Å². The van der Waals surface area contributed by atoms with E-state index >= 15 is 0 Å². The lowest BCUT2D eigenvalue weighted by Gasteiger charge is -2.11. The molecule has 17 heavy (non-hydrogen) atoms. The number of hydrogen-bond donors (Lipinski definition) is 2. The van der Waals surface area contributed by atoms with Crippen LogP contribution in [-0.2, 0) is 0 Å². The highest BCUT2D eigenvalue weighted by molar-refractivity contribution is 7.80. The van der Waals surface area contributed by atoms with Crippen molar-refractivity contribution in [2.75, 3.05) is 12.9 Å². The molecule has 0 aliphatic carbocycles. The summed E-state index contributed by atoms with van der Waals surface area (Å²) in [6.45, 7) is 0. The fraction of sp³-hybridized carbons (Fsp3) is 0.286. The van der Waals surface area contributed by atoms with Crippen LogP contribution in [0.15, 0.2) is 36.4 Å². The summed E-state index contributed by atoms with van der Waals surface area (Å²) in [5.74, 6) is 1.69. The molecule has 2 aromatic carbocycles. The van der Waals surface area contributed by atoms with Crippen LogP contribution in [0.25, 0.3) is 10.8 Å². The number of rotatable bonds is 4. The smallest absolute Gasteiger partial charge is 0.119 e. The molecule has 2 N–H and O–H groups in total. The van der Waals surface area contributed by atoms with Crippen molar-refractivity contribution in [3.05, 3.63) is 42.0 Å². The Morgan fingerprint density at radius 1 is 1.18 bits per heavy atom. The lowest BCUT2D eigenvalue weighted by molar-refractivity contribution is 0.415. The molecule has 3 heteroatoms. The van der Waals surface area contributed by atoms with E-state index in [1.807, 2.05) is 12.1 Å². The summed E-state index contributed by atoms with van der Waals surface area (Å²) in [4.78, 5) is 0. The van der Waals surface area contributed by atoms with Gasteiger partial charge in [-0.15, -0.1) is 0 Å². The summed E-state index contributed by atoms with van der Waals surface area (Å²) < 4.78 is 5.20. The first-order valence-electron chi connectivity index (χ1n) is 5.68. The molecule has 0 saturated heterocycles. The topological polar surface area (TPSA) is 35.2 Å². The average Bonchev–Trinajstić information content (AvgIpc) is 2.37. The normalized spacial score (nSPS) is 12.6. The zero-order valence-electron chi connectivity index (χ0n) is 9.89. The van der Waals surface area contributed by atoms with Crippen molar-refractivity contribution < 1.29 is 4.74 Å². The minimum absolute atomic E-state index is 0.0685. The molecule has 1 unspecified atom stereocenters. The predicted molar refractivity (Wildman–Crippen MR) is 75.9 cm³/mol. The Balaban J connectivity index is 2.37. The van der Waals surface area contributed by atoms with E-state index in [9.17, 15) is 0 Å². The number of nitrogens with two attached hydrogens (primary N) is 1. The van der Waals surface area contributed by atoms with Gasteiger partial charge in [0.05, 0.1) is 7.11 Å². The number of benzene rings is 2. The molecule has 2 rings (SSSR count). The van der Waals surface area contributed by atoms with Crippen LogP contribution in [0.5, 0.6) is 5.75 Å². The molecule has 0 saturated carbocycles. The lowest BCUT2D eigenvalue weighted by Crippen LogP contribution is -2.10. The van der Waals surface area contributed by atoms with Gasteiger partial charge in [0.25, 0.3) is 0 Å². The van der Waals surface area contributed by atoms with Gasteiger partial charge in [0.1, 0.15) is 5.75 Å². The van der Waals surface area contributed by atoms with Crippen LogP contribution in [0.3, 0.4) is 0 Å². The fourth-order valence-electron chi connectivity index (χ4n) is 1.91. The van der Waals surface area contributed by atoms with E-state index in [0.29, 0.717) is 0 Å². The Hall–Kier alpha value is -1.19. The molecule has 0 aliphatic rings. The lowest BCUT2D eigenvalue weighted by atomic mass is 10.0. The van der Waals surface area contributed by atoms with Crippen molar-refractivity contribution in [1.82, 2.24) is 0 Å². The summed E-state index contributed by atoms with van der Waals surface area (Å²) in [6, 6.07) is 12.4. The number of methoxy groups -OCH3 is 1. The van der Waals surface area contributed by atoms with E-state index in [1.165, 1.54) is 10.8 Å². The van der Waals surface area contributed by atoms with Crippen LogP contribution in [0.4, 0.5) is 0 Å². The maximum absolute atomic E-state index is 6.08. The summed E-state index contributed by atoms with van der Waals surface area (Å²) in [5.41, 5.74) is 7.24. The molecule has 0 radical (unpaired) electrons. The zero-order valence-corrected chi connectivity index (χ0v) is 10.8. The van der Waals surface area contributed by atoms with Gasteiger partial charge >= 0.3 is 0 Å². The summed E-state index contributed by atoms with van der Waals surface area (Å²) in [5, 5.41) is 2.36. The van der Waals surface area contributed by atoms with Gasteiger partial charge in [0.15, 0.2) is 0 Å². The van der Waals surface area contributed by atoms with E-state index in [1.54, 1.807) is 7.11 Å². The van der Waals surface area contributed by atoms with Gasteiger partial charge < -0.3 is 10.5 Å². The third kappa shape index (κ3) is 2.73. The Morgan fingerprint density at radius 2 is 1.88 bits per heavy atom. The summed E-state index contributed by atoms with van der Waals surface area (Å²) in [6.07, 6.45) is 0.894. The second kappa shape index (κ2) is 5.43. The van der Waals surface area contributed by atoms with Crippen molar-refractivity contribution in [3.63, 3.8) is 0 Å². The molecule has 0 aromatic heterocycles. The number of fused-ring (bicyclic) bond motifs is 1. The Kier molecular flexibility index (Phi) is 3.92. The molecule has 90 valence electrons. The van der Waals surface area contributed by atoms with Crippen LogP contribution in [0, 0.1) is 0 Å². The molecule has 0 amide bonds. The van der Waals surface area contributed by atoms with Gasteiger partial charge in [-0.2, -0.15) is 12.6 Å². The van der Waals surface area contributed by atoms with Crippen molar-refractivity contribution >= 4 is 23.4 Å². The molecule has 2 nitrogen and oxygen atoms in total. The quantitative estimate of drug-likeness (QED) is 0.814. The molecule has 2 aromatic rings. The SMILES string of the molecule is COc1ccc2cc(C(N)CCS)ccc2c1. The van der Waals surface area contributed by atoms with Gasteiger partial charge in [-0.3, -0.25) is 0 Å². The van der Waals surface area contributed by atoms with Crippen molar-refractivity contribution in [1.29, 1.82) is 0 Å². The fourth-order valence-corrected chi connectivity index (χ4v) is 2.18. The minimum Gasteiger partial charge on any atom is -0.497 e. The van der Waals surface area contributed by atoms with Crippen LogP contribution in [0.1, 0.15) is 18.0 Å². The first-order chi connectivity index (χ1) is 8.24. The molecular weight excluding hydrogens is 230 g/mol. The summed E-state index contributed by atoms with van der Waals surface area (Å²) in [7, 11) is 1.68. The van der Waals surface area contributed by atoms with E-state index in [-0.39, 0.29) is 6.04 Å². The largest absolute Gasteiger partial charge is 0.497 e. The second-order valence-corrected chi connectivity index (χ2v) is 4.54. The molecule has 0 heterocycles. The number of hydrogen-bond acceptors (Lipinski definition) is 3. The average molecular weight is 247 g/mol. The van der Waals surface area contributed by atoms with Crippen molar-refractivity contribution in [3.8, 4) is 5.75 Å². The molecule has 0 fully saturated rings. The number of thiol groups is 1. The van der Waals surface area contributed by atoms with Gasteiger partial charge in [-0.1, -0.05) is 18.2 Å². The molecule has 0 aliphatic heterocycles. The molecule has 1 atom stereocenters. The van der Waals surface area contributed by atoms with Crippen LogP contribution >= 0.6 is 12.6 Å². The maximum atomic E-state index is 6.08. The van der Waals surface area contributed by atoms with Gasteiger partial charge in [0, 0.05) is 6.04 Å². The van der Waals surface area contributed by atoms with Crippen LogP contribution < -0.4 is 10.5 Å². The highest BCUT2D eigenvalue weighted by Gasteiger charge is 2.06. The number of ether oxygens (including phenoxy) is 1. The zero-order chi connectivity index (χ0) is 12.3. The van der Waals surface area contributed by atoms with E-state index in [2.05, 4.69) is 36.9 Å². The van der Waals surface area contributed by atoms with E-state index in [4.69, 9.17) is 10.5 Å². The molecule has 0 spiro atoms. The maximum Gasteiger partial charge on any atom is 0.119 e. The molecular formula is C14H17NOS. The van der Waals surface area contributed by atoms with Crippen LogP contribution in [-0.4, -0.2) is 12.9 Å². The second-order valence-electron chi connectivity index (χ2n) is 4.09. The molecule has 0 bridgehead atoms. The Morgan fingerprint density at radius 3 is 2.59 bits per heavy atom. The highest BCUT2D eigenvalue weighted by atomic mass is 32.1. The Bertz CT molecular complexity index is 513. The van der Waals surface area contributed by atoms with Gasteiger partial charge in [-0.05, 0) is 46.7 Å². The third-order valence-electron chi connectivity index (χ3n) is 2.94. The van der Waals surface area contributed by atoms with Crippen LogP contribution in [0.2, 0.25) is 0 Å². The van der Waals surface area contributed by atoms with E-state index in [0.717, 1.165) is 23.5 Å². The highest BCUT2D eigenvalue weighted by Crippen LogP contribution is 2.24. The summed E-state index contributed by atoms with van der Waals surface area (Å²) >= 11 is 4.21. The first kappa shape index (κ1) is 12.3. The first-order valence-corrected chi connectivity index (χ1v) is 6.32. The monoisotopic (exact) mass is 247 g/mol. The standard InChI is InChI=1S/C14H17NOS/c1-16-13-5-4-10-8-12(14(15)6-7-17)3-2-11(10)9-13/h2-5,8-9,14,17H,6-7,15H2,1H3. The Labute approximate surface area is 107 Å². The third-order valence-corrected chi connectivity index (χ3v) is 3.20. The van der Waals surface area contributed by atoms with E-state index < -0.39 is 0 Å².